The van der Waals surface area contributed by atoms with Gasteiger partial charge in [0.2, 0.25) is 0 Å². The van der Waals surface area contributed by atoms with E-state index in [2.05, 4.69) is 39.9 Å². The van der Waals surface area contributed by atoms with Crippen molar-refractivity contribution in [3.63, 3.8) is 0 Å². The van der Waals surface area contributed by atoms with Gasteiger partial charge in [0.05, 0.1) is 12.8 Å². The van der Waals surface area contributed by atoms with E-state index in [-0.39, 0.29) is 0 Å². The van der Waals surface area contributed by atoms with Crippen molar-refractivity contribution < 1.29 is 4.74 Å². The number of nitrogens with zero attached hydrogens (tertiary/aromatic N) is 3. The van der Waals surface area contributed by atoms with E-state index in [0.29, 0.717) is 5.41 Å². The predicted octanol–water partition coefficient (Wildman–Crippen LogP) is 3.61. The Morgan fingerprint density at radius 3 is 2.12 bits per heavy atom. The molecule has 3 saturated heterocycles. The maximum absolute atomic E-state index is 5.74. The van der Waals surface area contributed by atoms with Crippen molar-refractivity contribution in [2.24, 2.45) is 5.41 Å². The third-order valence-electron chi connectivity index (χ3n) is 6.85. The molecule has 0 aliphatic carbocycles. The van der Waals surface area contributed by atoms with Gasteiger partial charge < -0.3 is 19.4 Å². The highest BCUT2D eigenvalue weighted by Crippen LogP contribution is 2.43. The average Bonchev–Trinajstić information content (AvgIpc) is 3.19. The predicted molar refractivity (Wildman–Crippen MR) is 105 cm³/mol. The van der Waals surface area contributed by atoms with Crippen molar-refractivity contribution in [1.82, 2.24) is 4.90 Å². The Morgan fingerprint density at radius 1 is 0.840 bits per heavy atom. The second kappa shape index (κ2) is 7.06. The molecule has 3 aliphatic heterocycles. The molecule has 138 valence electrons. The normalized spacial score (nSPS) is 24.1. The average molecular weight is 344 g/mol. The number of hydrogen-bond acceptors (Lipinski definition) is 4. The number of piperidine rings is 2. The minimum absolute atomic E-state index is 0.614. The monoisotopic (exact) mass is 343 g/mol. The highest BCUT2D eigenvalue weighted by atomic mass is 16.5. The van der Waals surface area contributed by atoms with E-state index in [1.165, 1.54) is 76.1 Å². The molecule has 3 heterocycles. The number of benzene rings is 1. The van der Waals surface area contributed by atoms with Gasteiger partial charge in [-0.3, -0.25) is 0 Å². The molecule has 1 aromatic rings. The first-order chi connectivity index (χ1) is 12.2. The van der Waals surface area contributed by atoms with Crippen molar-refractivity contribution in [3.8, 4) is 5.75 Å². The maximum Gasteiger partial charge on any atom is 0.144 e. The van der Waals surface area contributed by atoms with Crippen molar-refractivity contribution >= 4 is 11.4 Å². The Labute approximate surface area is 152 Å². The van der Waals surface area contributed by atoms with E-state index >= 15 is 0 Å². The minimum atomic E-state index is 0.614. The van der Waals surface area contributed by atoms with Gasteiger partial charge in [-0.25, -0.2) is 0 Å². The van der Waals surface area contributed by atoms with Gasteiger partial charge in [0.15, 0.2) is 0 Å². The van der Waals surface area contributed by atoms with Crippen LogP contribution >= 0.6 is 0 Å². The Bertz CT molecular complexity index is 579. The Balaban J connectivity index is 1.44. The number of ether oxygens (including phenoxy) is 1. The zero-order valence-corrected chi connectivity index (χ0v) is 16.0. The van der Waals surface area contributed by atoms with E-state index < -0.39 is 0 Å². The van der Waals surface area contributed by atoms with Crippen LogP contribution < -0.4 is 14.5 Å². The lowest BCUT2D eigenvalue weighted by molar-refractivity contribution is 0.0945. The molecule has 0 amide bonds. The maximum atomic E-state index is 5.74. The molecule has 0 saturated carbocycles. The quantitative estimate of drug-likeness (QED) is 0.834. The molecule has 4 nitrogen and oxygen atoms in total. The van der Waals surface area contributed by atoms with Crippen molar-refractivity contribution in [2.45, 2.75) is 38.5 Å². The van der Waals surface area contributed by atoms with Gasteiger partial charge in [0.1, 0.15) is 5.75 Å². The van der Waals surface area contributed by atoms with Gasteiger partial charge in [-0.05, 0) is 76.2 Å². The van der Waals surface area contributed by atoms with Crippen LogP contribution in [0, 0.1) is 5.41 Å². The standard InChI is InChI=1S/C21H33N3O/c1-22-13-7-21(8-14-22)9-15-23(16-10-21)18-5-6-19(20(17-18)25-2)24-11-3-4-12-24/h5-6,17H,3-4,7-16H2,1-2H3. The molecule has 0 aromatic heterocycles. The lowest BCUT2D eigenvalue weighted by Crippen LogP contribution is -2.46. The van der Waals surface area contributed by atoms with Crippen LogP contribution in [0.15, 0.2) is 18.2 Å². The van der Waals surface area contributed by atoms with E-state index in [9.17, 15) is 0 Å². The molecule has 0 atom stereocenters. The summed E-state index contributed by atoms with van der Waals surface area (Å²) >= 11 is 0. The number of likely N-dealkylation sites (tertiary alicyclic amines) is 1. The van der Waals surface area contributed by atoms with Gasteiger partial charge in [0, 0.05) is 37.9 Å². The van der Waals surface area contributed by atoms with E-state index in [1.54, 1.807) is 0 Å². The summed E-state index contributed by atoms with van der Waals surface area (Å²) in [6.07, 6.45) is 8.06. The zero-order valence-electron chi connectivity index (χ0n) is 16.0. The summed E-state index contributed by atoms with van der Waals surface area (Å²) in [6.45, 7) is 7.26. The summed E-state index contributed by atoms with van der Waals surface area (Å²) in [6, 6.07) is 6.85. The fourth-order valence-corrected chi connectivity index (χ4v) is 4.91. The topological polar surface area (TPSA) is 19.0 Å². The molecule has 3 fully saturated rings. The Morgan fingerprint density at radius 2 is 1.48 bits per heavy atom. The summed E-state index contributed by atoms with van der Waals surface area (Å²) < 4.78 is 5.74. The van der Waals surface area contributed by atoms with Gasteiger partial charge in [-0.1, -0.05) is 0 Å². The second-order valence-corrected chi connectivity index (χ2v) is 8.34. The number of rotatable bonds is 3. The first-order valence-electron chi connectivity index (χ1n) is 10.1. The lowest BCUT2D eigenvalue weighted by atomic mass is 9.71. The van der Waals surface area contributed by atoms with Gasteiger partial charge in [0.25, 0.3) is 0 Å². The molecule has 4 rings (SSSR count). The Kier molecular flexibility index (Phi) is 4.81. The van der Waals surface area contributed by atoms with Crippen LogP contribution in [0.1, 0.15) is 38.5 Å². The molecule has 0 radical (unpaired) electrons. The summed E-state index contributed by atoms with van der Waals surface area (Å²) in [5.41, 5.74) is 3.22. The zero-order chi connectivity index (χ0) is 17.3. The molecular formula is C21H33N3O. The third-order valence-corrected chi connectivity index (χ3v) is 6.85. The molecule has 0 N–H and O–H groups in total. The van der Waals surface area contributed by atoms with Crippen LogP contribution in [0.25, 0.3) is 0 Å². The highest BCUT2D eigenvalue weighted by molar-refractivity contribution is 5.66. The largest absolute Gasteiger partial charge is 0.495 e. The van der Waals surface area contributed by atoms with Gasteiger partial charge >= 0.3 is 0 Å². The molecule has 0 unspecified atom stereocenters. The fourth-order valence-electron chi connectivity index (χ4n) is 4.91. The SMILES string of the molecule is COc1cc(N2CCC3(CCN(C)CC3)CC2)ccc1N1CCCC1. The summed E-state index contributed by atoms with van der Waals surface area (Å²) in [7, 11) is 4.07. The molecule has 25 heavy (non-hydrogen) atoms. The fraction of sp³-hybridized carbons (Fsp3) is 0.714. The molecule has 0 bridgehead atoms. The molecule has 1 spiro atoms. The van der Waals surface area contributed by atoms with Crippen LogP contribution in [-0.2, 0) is 0 Å². The second-order valence-electron chi connectivity index (χ2n) is 8.34. The molecule has 1 aromatic carbocycles. The molecular weight excluding hydrogens is 310 g/mol. The van der Waals surface area contributed by atoms with E-state index in [1.807, 2.05) is 7.11 Å². The van der Waals surface area contributed by atoms with Crippen LogP contribution in [0.4, 0.5) is 11.4 Å². The first-order valence-corrected chi connectivity index (χ1v) is 10.1. The van der Waals surface area contributed by atoms with Crippen LogP contribution in [0.2, 0.25) is 0 Å². The van der Waals surface area contributed by atoms with Gasteiger partial charge in [-0.15, -0.1) is 0 Å². The number of hydrogen-bond donors (Lipinski definition) is 0. The lowest BCUT2D eigenvalue weighted by Gasteiger charge is -2.47. The van der Waals surface area contributed by atoms with Crippen molar-refractivity contribution in [2.75, 3.05) is 63.2 Å². The molecule has 4 heteroatoms. The smallest absolute Gasteiger partial charge is 0.144 e. The van der Waals surface area contributed by atoms with Crippen LogP contribution in [0.3, 0.4) is 0 Å². The Hall–Kier alpha value is -1.42. The molecule has 3 aliphatic rings. The van der Waals surface area contributed by atoms with E-state index in [0.717, 1.165) is 18.8 Å². The number of methoxy groups -OCH3 is 1. The first kappa shape index (κ1) is 17.0. The highest BCUT2D eigenvalue weighted by Gasteiger charge is 2.36. The third kappa shape index (κ3) is 3.46. The van der Waals surface area contributed by atoms with Crippen molar-refractivity contribution in [1.29, 1.82) is 0 Å². The van der Waals surface area contributed by atoms with Gasteiger partial charge in [-0.2, -0.15) is 0 Å². The summed E-state index contributed by atoms with van der Waals surface area (Å²) in [4.78, 5) is 7.52. The minimum Gasteiger partial charge on any atom is -0.495 e. The van der Waals surface area contributed by atoms with E-state index in [4.69, 9.17) is 4.74 Å². The van der Waals surface area contributed by atoms with Crippen LogP contribution in [-0.4, -0.2) is 58.3 Å². The van der Waals surface area contributed by atoms with Crippen LogP contribution in [0.5, 0.6) is 5.75 Å². The van der Waals surface area contributed by atoms with Crippen molar-refractivity contribution in [3.05, 3.63) is 18.2 Å². The summed E-state index contributed by atoms with van der Waals surface area (Å²) in [5, 5.41) is 0. The number of anilines is 2. The summed E-state index contributed by atoms with van der Waals surface area (Å²) in [5.74, 6) is 1.04.